The van der Waals surface area contributed by atoms with Crippen molar-refractivity contribution in [2.45, 2.75) is 45.5 Å². The van der Waals surface area contributed by atoms with E-state index in [9.17, 15) is 9.59 Å². The van der Waals surface area contributed by atoms with E-state index in [2.05, 4.69) is 0 Å². The van der Waals surface area contributed by atoms with Crippen molar-refractivity contribution >= 4 is 11.8 Å². The third kappa shape index (κ3) is 3.29. The van der Waals surface area contributed by atoms with Crippen LogP contribution in [0.2, 0.25) is 0 Å². The number of esters is 1. The Kier molecular flexibility index (Phi) is 4.27. The second-order valence-corrected chi connectivity index (χ2v) is 4.97. The van der Waals surface area contributed by atoms with E-state index in [1.54, 1.807) is 25.1 Å². The van der Waals surface area contributed by atoms with E-state index >= 15 is 0 Å². The van der Waals surface area contributed by atoms with E-state index in [1.165, 1.54) is 6.92 Å². The predicted octanol–water partition coefficient (Wildman–Crippen LogP) is 2.13. The fraction of sp³-hybridized carbons (Fsp3) is 0.467. The smallest absolute Gasteiger partial charge is 0.355 e. The van der Waals surface area contributed by atoms with Gasteiger partial charge in [-0.15, -0.1) is 0 Å². The lowest BCUT2D eigenvalue weighted by Crippen LogP contribution is -2.39. The highest BCUT2D eigenvalue weighted by Crippen LogP contribution is 2.30. The zero-order valence-electron chi connectivity index (χ0n) is 11.8. The molecule has 1 heterocycles. The van der Waals surface area contributed by atoms with Crippen LogP contribution in [0.25, 0.3) is 0 Å². The third-order valence-corrected chi connectivity index (χ3v) is 2.99. The van der Waals surface area contributed by atoms with Gasteiger partial charge in [0.25, 0.3) is 6.10 Å². The molecule has 1 aromatic carbocycles. The van der Waals surface area contributed by atoms with Crippen LogP contribution in [0, 0.1) is 0 Å². The number of rotatable bonds is 1. The van der Waals surface area contributed by atoms with Gasteiger partial charge in [0.15, 0.2) is 17.3 Å². The standard InChI is InChI=1S/C15H18O5/c1-9-8-10(2)19-15(17)14(11(3)16)20-13-7-5-4-6-12(13)18-9/h4-7,9-10,14H,8H2,1-3H3/t9-,10+,14+/m0/s1. The number of cyclic esters (lactones) is 1. The van der Waals surface area contributed by atoms with E-state index in [0.29, 0.717) is 17.9 Å². The van der Waals surface area contributed by atoms with Crippen molar-refractivity contribution in [3.05, 3.63) is 24.3 Å². The molecule has 0 fully saturated rings. The molecule has 0 radical (unpaired) electrons. The summed E-state index contributed by atoms with van der Waals surface area (Å²) in [6.07, 6.45) is -1.18. The molecule has 0 aliphatic carbocycles. The molecule has 3 atom stereocenters. The van der Waals surface area contributed by atoms with Crippen LogP contribution in [0.15, 0.2) is 24.3 Å². The Morgan fingerprint density at radius 1 is 1.05 bits per heavy atom. The van der Waals surface area contributed by atoms with E-state index in [1.807, 2.05) is 13.0 Å². The molecule has 1 aromatic rings. The second kappa shape index (κ2) is 5.94. The number of ketones is 1. The summed E-state index contributed by atoms with van der Waals surface area (Å²) in [5.74, 6) is -0.168. The van der Waals surface area contributed by atoms with Crippen LogP contribution in [-0.2, 0) is 14.3 Å². The Bertz CT molecular complexity index is 511. The van der Waals surface area contributed by atoms with Gasteiger partial charge in [-0.2, -0.15) is 0 Å². The Balaban J connectivity index is 2.36. The maximum atomic E-state index is 12.0. The second-order valence-electron chi connectivity index (χ2n) is 4.97. The summed E-state index contributed by atoms with van der Waals surface area (Å²) in [5.41, 5.74) is 0. The Hall–Kier alpha value is -2.04. The first-order chi connectivity index (χ1) is 9.47. The first-order valence-corrected chi connectivity index (χ1v) is 6.60. The Morgan fingerprint density at radius 2 is 1.60 bits per heavy atom. The number of Topliss-reactive ketones (excluding diaryl/α,β-unsaturated/α-hetero) is 1. The molecule has 0 aromatic heterocycles. The van der Waals surface area contributed by atoms with Gasteiger partial charge >= 0.3 is 5.97 Å². The number of ether oxygens (including phenoxy) is 3. The number of fused-ring (bicyclic) bond motifs is 1. The van der Waals surface area contributed by atoms with Gasteiger partial charge in [-0.05, 0) is 32.9 Å². The zero-order chi connectivity index (χ0) is 14.7. The van der Waals surface area contributed by atoms with E-state index in [4.69, 9.17) is 14.2 Å². The summed E-state index contributed by atoms with van der Waals surface area (Å²) in [6, 6.07) is 6.98. The van der Waals surface area contributed by atoms with Crippen molar-refractivity contribution in [2.24, 2.45) is 0 Å². The molecule has 5 nitrogen and oxygen atoms in total. The summed E-state index contributed by atoms with van der Waals surface area (Å²) in [5, 5.41) is 0. The average molecular weight is 278 g/mol. The summed E-state index contributed by atoms with van der Waals surface area (Å²) in [7, 11) is 0. The topological polar surface area (TPSA) is 61.8 Å². The first-order valence-electron chi connectivity index (χ1n) is 6.60. The molecular formula is C15H18O5. The number of carbonyl (C=O) groups excluding carboxylic acids is 2. The molecule has 0 spiro atoms. The van der Waals surface area contributed by atoms with Crippen LogP contribution in [-0.4, -0.2) is 30.1 Å². The van der Waals surface area contributed by atoms with Crippen LogP contribution in [0.5, 0.6) is 11.5 Å². The normalized spacial score (nSPS) is 26.6. The summed E-state index contributed by atoms with van der Waals surface area (Å²) in [6.45, 7) is 4.96. The molecule has 0 unspecified atom stereocenters. The molecule has 2 rings (SSSR count). The van der Waals surface area contributed by atoms with Crippen molar-refractivity contribution in [3.8, 4) is 11.5 Å². The van der Waals surface area contributed by atoms with Gasteiger partial charge < -0.3 is 14.2 Å². The van der Waals surface area contributed by atoms with E-state index in [-0.39, 0.29) is 12.2 Å². The van der Waals surface area contributed by atoms with Gasteiger partial charge in [0.1, 0.15) is 6.10 Å². The average Bonchev–Trinajstić information content (AvgIpc) is 2.35. The van der Waals surface area contributed by atoms with Gasteiger partial charge in [0, 0.05) is 6.42 Å². The van der Waals surface area contributed by atoms with Crippen molar-refractivity contribution in [1.29, 1.82) is 0 Å². The van der Waals surface area contributed by atoms with Gasteiger partial charge in [-0.1, -0.05) is 12.1 Å². The zero-order valence-corrected chi connectivity index (χ0v) is 11.8. The van der Waals surface area contributed by atoms with Crippen molar-refractivity contribution in [3.63, 3.8) is 0 Å². The van der Waals surface area contributed by atoms with E-state index in [0.717, 1.165) is 0 Å². The summed E-state index contributed by atoms with van der Waals surface area (Å²) in [4.78, 5) is 23.6. The molecule has 108 valence electrons. The fourth-order valence-electron chi connectivity index (χ4n) is 2.11. The monoisotopic (exact) mass is 278 g/mol. The maximum Gasteiger partial charge on any atom is 0.355 e. The number of hydrogen-bond acceptors (Lipinski definition) is 5. The highest BCUT2D eigenvalue weighted by Gasteiger charge is 2.31. The molecule has 5 heteroatoms. The predicted molar refractivity (Wildman–Crippen MR) is 71.8 cm³/mol. The quantitative estimate of drug-likeness (QED) is 0.581. The lowest BCUT2D eigenvalue weighted by molar-refractivity contribution is -0.160. The van der Waals surface area contributed by atoms with Crippen molar-refractivity contribution in [2.75, 3.05) is 0 Å². The number of benzene rings is 1. The van der Waals surface area contributed by atoms with Gasteiger partial charge in [0.2, 0.25) is 0 Å². The molecule has 0 saturated carbocycles. The van der Waals surface area contributed by atoms with Crippen LogP contribution < -0.4 is 9.47 Å². The van der Waals surface area contributed by atoms with Crippen LogP contribution in [0.3, 0.4) is 0 Å². The van der Waals surface area contributed by atoms with Gasteiger partial charge in [-0.3, -0.25) is 4.79 Å². The summed E-state index contributed by atoms with van der Waals surface area (Å²) < 4.78 is 16.5. The molecule has 0 N–H and O–H groups in total. The van der Waals surface area contributed by atoms with Crippen LogP contribution >= 0.6 is 0 Å². The maximum absolute atomic E-state index is 12.0. The van der Waals surface area contributed by atoms with Gasteiger partial charge in [-0.25, -0.2) is 4.79 Å². The summed E-state index contributed by atoms with van der Waals surface area (Å²) >= 11 is 0. The molecule has 1 aliphatic heterocycles. The highest BCUT2D eigenvalue weighted by molar-refractivity contribution is 6.01. The third-order valence-electron chi connectivity index (χ3n) is 2.99. The first kappa shape index (κ1) is 14.4. The van der Waals surface area contributed by atoms with Crippen LogP contribution in [0.4, 0.5) is 0 Å². The SMILES string of the molecule is CC(=O)[C@H]1Oc2ccccc2O[C@@H](C)C[C@@H](C)OC1=O. The molecule has 0 saturated heterocycles. The Labute approximate surface area is 117 Å². The van der Waals surface area contributed by atoms with Crippen LogP contribution in [0.1, 0.15) is 27.2 Å². The molecule has 0 amide bonds. The number of para-hydroxylation sites is 2. The van der Waals surface area contributed by atoms with Crippen molar-refractivity contribution in [1.82, 2.24) is 0 Å². The molecule has 0 bridgehead atoms. The minimum Gasteiger partial charge on any atom is -0.487 e. The lowest BCUT2D eigenvalue weighted by Gasteiger charge is -2.25. The number of hydrogen-bond donors (Lipinski definition) is 0. The van der Waals surface area contributed by atoms with E-state index < -0.39 is 17.9 Å². The fourth-order valence-corrected chi connectivity index (χ4v) is 2.11. The minimum atomic E-state index is -1.25. The molecule has 1 aliphatic rings. The lowest BCUT2D eigenvalue weighted by atomic mass is 10.1. The molecule has 20 heavy (non-hydrogen) atoms. The minimum absolute atomic E-state index is 0.128. The number of carbonyl (C=O) groups is 2. The van der Waals surface area contributed by atoms with Crippen molar-refractivity contribution < 1.29 is 23.8 Å². The highest BCUT2D eigenvalue weighted by atomic mass is 16.6. The Morgan fingerprint density at radius 3 is 2.20 bits per heavy atom. The molecular weight excluding hydrogens is 260 g/mol. The largest absolute Gasteiger partial charge is 0.487 e. The van der Waals surface area contributed by atoms with Gasteiger partial charge in [0.05, 0.1) is 6.10 Å².